The number of benzene rings is 2. The number of ether oxygens (including phenoxy) is 2. The highest BCUT2D eigenvalue weighted by Gasteiger charge is 2.32. The molecule has 0 spiro atoms. The summed E-state index contributed by atoms with van der Waals surface area (Å²) in [7, 11) is 2.01. The van der Waals surface area contributed by atoms with E-state index in [1.54, 1.807) is 42.5 Å². The number of nitrogens with one attached hydrogen (secondary N) is 2. The number of alkyl halides is 3. The van der Waals surface area contributed by atoms with E-state index in [0.29, 0.717) is 40.7 Å². The molecule has 44 heavy (non-hydrogen) atoms. The third-order valence-corrected chi connectivity index (χ3v) is 7.73. The average Bonchev–Trinajstić information content (AvgIpc) is 3.84. The Morgan fingerprint density at radius 2 is 1.77 bits per heavy atom. The van der Waals surface area contributed by atoms with E-state index in [2.05, 4.69) is 25.4 Å². The molecule has 9 nitrogen and oxygen atoms in total. The van der Waals surface area contributed by atoms with Gasteiger partial charge in [0.2, 0.25) is 5.91 Å². The molecule has 1 aliphatic carbocycles. The van der Waals surface area contributed by atoms with Crippen molar-refractivity contribution in [1.82, 2.24) is 14.8 Å². The maximum Gasteiger partial charge on any atom is 0.416 e. The Hall–Kier alpha value is -4.42. The molecule has 12 heteroatoms. The van der Waals surface area contributed by atoms with Gasteiger partial charge in [-0.2, -0.15) is 13.2 Å². The maximum absolute atomic E-state index is 13.7. The highest BCUT2D eigenvalue weighted by Crippen LogP contribution is 2.35. The molecule has 3 aromatic rings. The molecule has 6 rings (SSSR count). The Labute approximate surface area is 252 Å². The number of fused-ring (bicyclic) bond motifs is 1. The Kier molecular flexibility index (Phi) is 8.28. The molecule has 1 saturated carbocycles. The summed E-state index contributed by atoms with van der Waals surface area (Å²) in [6.45, 7) is 3.50. The number of piperazine rings is 1. The summed E-state index contributed by atoms with van der Waals surface area (Å²) in [4.78, 5) is 33.7. The summed E-state index contributed by atoms with van der Waals surface area (Å²) >= 11 is 0. The Morgan fingerprint density at radius 1 is 1.00 bits per heavy atom. The van der Waals surface area contributed by atoms with E-state index in [4.69, 9.17) is 9.47 Å². The number of aromatic nitrogens is 1. The minimum Gasteiger partial charge on any atom is -0.488 e. The highest BCUT2D eigenvalue weighted by molar-refractivity contribution is 6.07. The number of amides is 2. The summed E-state index contributed by atoms with van der Waals surface area (Å²) < 4.78 is 53.0. The summed E-state index contributed by atoms with van der Waals surface area (Å²) in [5.74, 6) is 1.27. The van der Waals surface area contributed by atoms with Gasteiger partial charge < -0.3 is 25.0 Å². The van der Waals surface area contributed by atoms with Gasteiger partial charge in [0.25, 0.3) is 5.91 Å². The molecule has 0 radical (unpaired) electrons. The van der Waals surface area contributed by atoms with Gasteiger partial charge in [0.05, 0.1) is 11.1 Å². The minimum atomic E-state index is -4.56. The first-order valence-corrected chi connectivity index (χ1v) is 14.4. The summed E-state index contributed by atoms with van der Waals surface area (Å²) in [6, 6.07) is 12.1. The SMILES string of the molecule is CN1CCN(Cc2cc(NC(=O)C3=Cc4cc(Oc5ccnc(NC(=O)C6CC6)c5)ccc4OC3)cc(C(F)(F)F)c2)CC1. The van der Waals surface area contributed by atoms with Crippen LogP contribution in [0.15, 0.2) is 60.3 Å². The normalized spacial score (nSPS) is 17.2. The van der Waals surface area contributed by atoms with Crippen LogP contribution in [-0.4, -0.2) is 66.4 Å². The van der Waals surface area contributed by atoms with Gasteiger partial charge >= 0.3 is 6.18 Å². The van der Waals surface area contributed by atoms with Crippen LogP contribution in [0.1, 0.15) is 29.5 Å². The zero-order valence-electron chi connectivity index (χ0n) is 24.1. The van der Waals surface area contributed by atoms with Gasteiger partial charge in [0.1, 0.15) is 29.7 Å². The van der Waals surface area contributed by atoms with E-state index in [1.165, 1.54) is 6.20 Å². The van der Waals surface area contributed by atoms with E-state index in [0.717, 1.165) is 51.2 Å². The molecule has 3 heterocycles. The van der Waals surface area contributed by atoms with Crippen molar-refractivity contribution in [2.75, 3.05) is 50.5 Å². The Balaban J connectivity index is 1.16. The van der Waals surface area contributed by atoms with Gasteiger partial charge in [-0.05, 0) is 74.0 Å². The smallest absolute Gasteiger partial charge is 0.416 e. The predicted octanol–water partition coefficient (Wildman–Crippen LogP) is 5.40. The zero-order chi connectivity index (χ0) is 30.8. The maximum atomic E-state index is 13.7. The second kappa shape index (κ2) is 12.3. The summed E-state index contributed by atoms with van der Waals surface area (Å²) in [6.07, 6.45) is 0.369. The fraction of sp³-hybridized carbons (Fsp3) is 0.344. The van der Waals surface area contributed by atoms with Crippen molar-refractivity contribution in [3.8, 4) is 17.2 Å². The van der Waals surface area contributed by atoms with Crippen molar-refractivity contribution in [2.45, 2.75) is 25.6 Å². The molecular formula is C32H32F3N5O4. The number of likely N-dealkylation sites (N-methyl/N-ethyl adjacent to an activating group) is 1. The van der Waals surface area contributed by atoms with Crippen molar-refractivity contribution in [1.29, 1.82) is 0 Å². The molecule has 0 unspecified atom stereocenters. The Morgan fingerprint density at radius 3 is 2.52 bits per heavy atom. The van der Waals surface area contributed by atoms with E-state index in [1.807, 2.05) is 7.05 Å². The monoisotopic (exact) mass is 607 g/mol. The molecule has 230 valence electrons. The fourth-order valence-electron chi connectivity index (χ4n) is 5.10. The standard InChI is InChI=1S/C32H32F3N5O4/c1-39-8-10-40(11-9-39)18-20-12-24(32(33,34)35)16-25(13-20)37-31(42)23-14-22-15-26(4-5-28(22)43-19-23)44-27-6-7-36-29(17-27)38-30(41)21-2-3-21/h4-7,12-17,21H,2-3,8-11,18-19H2,1H3,(H,37,42)(H,36,38,41). The molecule has 2 fully saturated rings. The van der Waals surface area contributed by atoms with Crippen LogP contribution in [0.4, 0.5) is 24.7 Å². The molecular weight excluding hydrogens is 575 g/mol. The highest BCUT2D eigenvalue weighted by atomic mass is 19.4. The predicted molar refractivity (Wildman–Crippen MR) is 158 cm³/mol. The van der Waals surface area contributed by atoms with Crippen LogP contribution in [0, 0.1) is 5.92 Å². The first kappa shape index (κ1) is 29.6. The number of hydrogen-bond acceptors (Lipinski definition) is 7. The van der Waals surface area contributed by atoms with E-state index < -0.39 is 17.6 Å². The van der Waals surface area contributed by atoms with E-state index in [-0.39, 0.29) is 29.7 Å². The van der Waals surface area contributed by atoms with Gasteiger partial charge in [0.15, 0.2) is 0 Å². The van der Waals surface area contributed by atoms with Crippen LogP contribution in [0.25, 0.3) is 6.08 Å². The van der Waals surface area contributed by atoms with Crippen molar-refractivity contribution in [3.05, 3.63) is 77.0 Å². The lowest BCUT2D eigenvalue weighted by molar-refractivity contribution is -0.137. The number of nitrogens with zero attached hydrogens (tertiary/aromatic N) is 3. The van der Waals surface area contributed by atoms with Crippen LogP contribution in [-0.2, 0) is 22.3 Å². The number of rotatable bonds is 8. The molecule has 1 aromatic heterocycles. The lowest BCUT2D eigenvalue weighted by Gasteiger charge is -2.32. The number of carbonyl (C=O) groups excluding carboxylic acids is 2. The van der Waals surface area contributed by atoms with Gasteiger partial charge in [0, 0.05) is 62.2 Å². The van der Waals surface area contributed by atoms with Crippen LogP contribution in [0.3, 0.4) is 0 Å². The van der Waals surface area contributed by atoms with Crippen molar-refractivity contribution >= 4 is 29.4 Å². The van der Waals surface area contributed by atoms with Gasteiger partial charge in [-0.3, -0.25) is 14.5 Å². The van der Waals surface area contributed by atoms with E-state index in [9.17, 15) is 22.8 Å². The van der Waals surface area contributed by atoms with Gasteiger partial charge in [-0.15, -0.1) is 0 Å². The fourth-order valence-corrected chi connectivity index (χ4v) is 5.10. The third-order valence-electron chi connectivity index (χ3n) is 7.73. The Bertz CT molecular complexity index is 1600. The number of anilines is 2. The molecule has 2 amide bonds. The lowest BCUT2D eigenvalue weighted by atomic mass is 10.1. The zero-order valence-corrected chi connectivity index (χ0v) is 24.1. The topological polar surface area (TPSA) is 96.0 Å². The summed E-state index contributed by atoms with van der Waals surface area (Å²) in [5.41, 5.74) is 0.565. The first-order chi connectivity index (χ1) is 21.1. The molecule has 2 N–H and O–H groups in total. The van der Waals surface area contributed by atoms with E-state index >= 15 is 0 Å². The molecule has 2 aromatic carbocycles. The van der Waals surface area contributed by atoms with Crippen LogP contribution in [0.2, 0.25) is 0 Å². The molecule has 0 bridgehead atoms. The van der Waals surface area contributed by atoms with Gasteiger partial charge in [-0.1, -0.05) is 0 Å². The van der Waals surface area contributed by atoms with Crippen molar-refractivity contribution in [3.63, 3.8) is 0 Å². The second-order valence-corrected chi connectivity index (χ2v) is 11.4. The van der Waals surface area contributed by atoms with Crippen molar-refractivity contribution < 1.29 is 32.2 Å². The van der Waals surface area contributed by atoms with Crippen LogP contribution < -0.4 is 20.1 Å². The number of halogens is 3. The first-order valence-electron chi connectivity index (χ1n) is 14.4. The van der Waals surface area contributed by atoms with Gasteiger partial charge in [-0.25, -0.2) is 4.98 Å². The number of pyridine rings is 1. The average molecular weight is 608 g/mol. The number of hydrogen-bond donors (Lipinski definition) is 2. The largest absolute Gasteiger partial charge is 0.488 e. The van der Waals surface area contributed by atoms with Crippen LogP contribution >= 0.6 is 0 Å². The number of carbonyl (C=O) groups is 2. The molecule has 1 saturated heterocycles. The van der Waals surface area contributed by atoms with Crippen LogP contribution in [0.5, 0.6) is 17.2 Å². The third kappa shape index (κ3) is 7.37. The molecule has 3 aliphatic rings. The second-order valence-electron chi connectivity index (χ2n) is 11.4. The molecule has 2 aliphatic heterocycles. The summed E-state index contributed by atoms with van der Waals surface area (Å²) in [5, 5.41) is 5.43. The minimum absolute atomic E-state index is 0.0397. The van der Waals surface area contributed by atoms with Crippen molar-refractivity contribution in [2.24, 2.45) is 5.92 Å². The quantitative estimate of drug-likeness (QED) is 0.354. The lowest BCUT2D eigenvalue weighted by Crippen LogP contribution is -2.43. The molecule has 0 atom stereocenters.